The van der Waals surface area contributed by atoms with Crippen molar-refractivity contribution in [2.24, 2.45) is 0 Å². The molecule has 1 aliphatic carbocycles. The van der Waals surface area contributed by atoms with Crippen LogP contribution in [0.4, 0.5) is 0 Å². The lowest BCUT2D eigenvalue weighted by molar-refractivity contribution is -0.137. The van der Waals surface area contributed by atoms with Gasteiger partial charge in [0, 0.05) is 24.0 Å². The van der Waals surface area contributed by atoms with E-state index < -0.39 is 5.60 Å². The molecule has 1 unspecified atom stereocenters. The topological polar surface area (TPSA) is 84.6 Å². The number of hydrogen-bond acceptors (Lipinski definition) is 5. The Morgan fingerprint density at radius 3 is 2.74 bits per heavy atom. The molecule has 6 heteroatoms. The van der Waals surface area contributed by atoms with Gasteiger partial charge in [-0.05, 0) is 63.6 Å². The molecule has 6 nitrogen and oxygen atoms in total. The molecular weight excluding hydrogens is 344 g/mol. The van der Waals surface area contributed by atoms with Gasteiger partial charge in [-0.1, -0.05) is 5.16 Å². The van der Waals surface area contributed by atoms with Crippen molar-refractivity contribution < 1.29 is 19.2 Å². The summed E-state index contributed by atoms with van der Waals surface area (Å²) in [6.07, 6.45) is 3.55. The van der Waals surface area contributed by atoms with Crippen LogP contribution in [0, 0.1) is 20.8 Å². The van der Waals surface area contributed by atoms with Gasteiger partial charge in [0.05, 0.1) is 6.54 Å². The number of amides is 1. The largest absolute Gasteiger partial charge is 0.507 e. The standard InChI is InChI=1S/C21H26N2O4/c1-11-12(2)19-16(13(3)18(11)24)7-8-21(4,26-19)20(25)22-10-15-9-17(27-23-15)14-5-6-14/h9,14,24H,5-8,10H2,1-4H3,(H,22,25). The lowest BCUT2D eigenvalue weighted by Crippen LogP contribution is -2.50. The van der Waals surface area contributed by atoms with Gasteiger partial charge in [-0.3, -0.25) is 4.79 Å². The second-order valence-electron chi connectivity index (χ2n) is 8.04. The number of aromatic hydroxyl groups is 1. The maximum atomic E-state index is 12.9. The van der Waals surface area contributed by atoms with E-state index in [1.807, 2.05) is 33.8 Å². The summed E-state index contributed by atoms with van der Waals surface area (Å²) in [7, 11) is 0. The molecule has 0 spiro atoms. The fourth-order valence-corrected chi connectivity index (χ4v) is 3.74. The van der Waals surface area contributed by atoms with Gasteiger partial charge in [-0.25, -0.2) is 0 Å². The minimum atomic E-state index is -0.948. The van der Waals surface area contributed by atoms with Gasteiger partial charge in [-0.15, -0.1) is 0 Å². The summed E-state index contributed by atoms with van der Waals surface area (Å²) in [5, 5.41) is 17.3. The van der Waals surface area contributed by atoms with Gasteiger partial charge in [0.15, 0.2) is 5.60 Å². The van der Waals surface area contributed by atoms with Crippen molar-refractivity contribution in [2.75, 3.05) is 0 Å². The number of phenolic OH excluding ortho intramolecular Hbond substituents is 1. The monoisotopic (exact) mass is 370 g/mol. The minimum Gasteiger partial charge on any atom is -0.507 e. The molecule has 144 valence electrons. The Kier molecular flexibility index (Phi) is 4.17. The van der Waals surface area contributed by atoms with E-state index in [-0.39, 0.29) is 5.91 Å². The number of phenols is 1. The minimum absolute atomic E-state index is 0.160. The Bertz CT molecular complexity index is 913. The van der Waals surface area contributed by atoms with Crippen LogP contribution >= 0.6 is 0 Å². The van der Waals surface area contributed by atoms with Crippen LogP contribution in [0.3, 0.4) is 0 Å². The number of nitrogens with zero attached hydrogens (tertiary/aromatic N) is 1. The molecule has 2 aliphatic rings. The van der Waals surface area contributed by atoms with E-state index >= 15 is 0 Å². The number of aromatic nitrogens is 1. The Labute approximate surface area is 158 Å². The number of carbonyl (C=O) groups is 1. The molecule has 1 aromatic heterocycles. The molecule has 27 heavy (non-hydrogen) atoms. The van der Waals surface area contributed by atoms with E-state index in [0.717, 1.165) is 52.3 Å². The maximum absolute atomic E-state index is 12.9. The number of benzene rings is 1. The zero-order valence-corrected chi connectivity index (χ0v) is 16.3. The molecule has 2 heterocycles. The highest BCUT2D eigenvalue weighted by molar-refractivity contribution is 5.85. The molecule has 1 atom stereocenters. The summed E-state index contributed by atoms with van der Waals surface area (Å²) in [5.74, 6) is 2.30. The molecule has 1 amide bonds. The van der Waals surface area contributed by atoms with Crippen LogP contribution in [0.15, 0.2) is 10.6 Å². The third kappa shape index (κ3) is 3.07. The molecular formula is C21H26N2O4. The number of fused-ring (bicyclic) bond motifs is 1. The van der Waals surface area contributed by atoms with Gasteiger partial charge in [0.2, 0.25) is 0 Å². The third-order valence-electron chi connectivity index (χ3n) is 5.99. The molecule has 2 aromatic rings. The highest BCUT2D eigenvalue weighted by Gasteiger charge is 2.40. The second-order valence-corrected chi connectivity index (χ2v) is 8.04. The van der Waals surface area contributed by atoms with E-state index in [9.17, 15) is 9.90 Å². The summed E-state index contributed by atoms with van der Waals surface area (Å²) < 4.78 is 11.5. The molecule has 2 N–H and O–H groups in total. The highest BCUT2D eigenvalue weighted by atomic mass is 16.5. The first-order valence-corrected chi connectivity index (χ1v) is 9.54. The van der Waals surface area contributed by atoms with Crippen molar-refractivity contribution in [1.29, 1.82) is 0 Å². The average molecular weight is 370 g/mol. The van der Waals surface area contributed by atoms with E-state index in [1.165, 1.54) is 0 Å². The summed E-state index contributed by atoms with van der Waals surface area (Å²) in [6.45, 7) is 7.84. The first kappa shape index (κ1) is 17.9. The predicted octanol–water partition coefficient (Wildman–Crippen LogP) is 3.58. The van der Waals surface area contributed by atoms with Crippen molar-refractivity contribution in [3.05, 3.63) is 39.8 Å². The fraction of sp³-hybridized carbons (Fsp3) is 0.524. The van der Waals surface area contributed by atoms with Crippen molar-refractivity contribution in [2.45, 2.75) is 71.4 Å². The molecule has 1 aliphatic heterocycles. The fourth-order valence-electron chi connectivity index (χ4n) is 3.74. The Hall–Kier alpha value is -2.50. The number of ether oxygens (including phenoxy) is 1. The molecule has 1 fully saturated rings. The van der Waals surface area contributed by atoms with Crippen LogP contribution in [0.1, 0.15) is 65.8 Å². The van der Waals surface area contributed by atoms with Crippen LogP contribution in [0.5, 0.6) is 11.5 Å². The summed E-state index contributed by atoms with van der Waals surface area (Å²) in [6, 6.07) is 1.93. The number of carbonyl (C=O) groups excluding carboxylic acids is 1. The van der Waals surface area contributed by atoms with Gasteiger partial charge in [-0.2, -0.15) is 0 Å². The zero-order chi connectivity index (χ0) is 19.3. The van der Waals surface area contributed by atoms with Gasteiger partial charge >= 0.3 is 0 Å². The molecule has 4 rings (SSSR count). The Morgan fingerprint density at radius 2 is 2.04 bits per heavy atom. The van der Waals surface area contributed by atoms with E-state index in [2.05, 4.69) is 10.5 Å². The number of rotatable bonds is 4. The summed E-state index contributed by atoms with van der Waals surface area (Å²) in [5.41, 5.74) is 3.30. The van der Waals surface area contributed by atoms with E-state index in [4.69, 9.17) is 9.26 Å². The normalized spacial score (nSPS) is 21.5. The van der Waals surface area contributed by atoms with E-state index in [1.54, 1.807) is 0 Å². The summed E-state index contributed by atoms with van der Waals surface area (Å²) in [4.78, 5) is 12.9. The lowest BCUT2D eigenvalue weighted by atomic mass is 9.86. The van der Waals surface area contributed by atoms with Gasteiger partial charge in [0.1, 0.15) is 23.0 Å². The number of hydrogen-bond donors (Lipinski definition) is 2. The molecule has 0 bridgehead atoms. The maximum Gasteiger partial charge on any atom is 0.264 e. The van der Waals surface area contributed by atoms with Crippen molar-refractivity contribution in [3.63, 3.8) is 0 Å². The Morgan fingerprint density at radius 1 is 1.30 bits per heavy atom. The van der Waals surface area contributed by atoms with Crippen molar-refractivity contribution in [1.82, 2.24) is 10.5 Å². The molecule has 1 saturated carbocycles. The van der Waals surface area contributed by atoms with Crippen molar-refractivity contribution >= 4 is 5.91 Å². The van der Waals surface area contributed by atoms with Crippen LogP contribution in [-0.4, -0.2) is 21.8 Å². The quantitative estimate of drug-likeness (QED) is 0.859. The summed E-state index contributed by atoms with van der Waals surface area (Å²) >= 11 is 0. The molecule has 1 aromatic carbocycles. The van der Waals surface area contributed by atoms with Gasteiger partial charge < -0.3 is 19.7 Å². The SMILES string of the molecule is Cc1c(C)c2c(c(C)c1O)CCC(C)(C(=O)NCc1cc(C3CC3)on1)O2. The smallest absolute Gasteiger partial charge is 0.264 e. The number of nitrogens with one attached hydrogen (secondary N) is 1. The van der Waals surface area contributed by atoms with Crippen LogP contribution < -0.4 is 10.1 Å². The Balaban J connectivity index is 1.49. The zero-order valence-electron chi connectivity index (χ0n) is 16.3. The van der Waals surface area contributed by atoms with E-state index in [0.29, 0.717) is 31.1 Å². The highest BCUT2D eigenvalue weighted by Crippen LogP contribution is 2.43. The first-order chi connectivity index (χ1) is 12.8. The average Bonchev–Trinajstić information content (AvgIpc) is 3.41. The third-order valence-corrected chi connectivity index (χ3v) is 5.99. The first-order valence-electron chi connectivity index (χ1n) is 9.54. The predicted molar refractivity (Wildman–Crippen MR) is 100.0 cm³/mol. The lowest BCUT2D eigenvalue weighted by Gasteiger charge is -2.36. The molecule has 0 radical (unpaired) electrons. The van der Waals surface area contributed by atoms with Gasteiger partial charge in [0.25, 0.3) is 5.91 Å². The molecule has 0 saturated heterocycles. The van der Waals surface area contributed by atoms with Crippen LogP contribution in [0.25, 0.3) is 0 Å². The second kappa shape index (κ2) is 6.29. The van der Waals surface area contributed by atoms with Crippen LogP contribution in [-0.2, 0) is 17.8 Å². The van der Waals surface area contributed by atoms with Crippen molar-refractivity contribution in [3.8, 4) is 11.5 Å². The van der Waals surface area contributed by atoms with Crippen LogP contribution in [0.2, 0.25) is 0 Å².